The van der Waals surface area contributed by atoms with E-state index in [-0.39, 0.29) is 11.8 Å². The number of nitrogens with one attached hydrogen (secondary N) is 1. The maximum atomic E-state index is 12.7. The van der Waals surface area contributed by atoms with E-state index in [1.165, 1.54) is 9.08 Å². The minimum absolute atomic E-state index is 0.267. The molecule has 0 saturated carbocycles. The van der Waals surface area contributed by atoms with Crippen LogP contribution in [0.1, 0.15) is 25.2 Å². The fourth-order valence-corrected chi connectivity index (χ4v) is 2.65. The van der Waals surface area contributed by atoms with E-state index in [4.69, 9.17) is 9.26 Å². The van der Waals surface area contributed by atoms with Crippen molar-refractivity contribution >= 4 is 11.6 Å². The standard InChI is InChI=1S/C16H20N6O4/c1-4-12(14(23)17-7-9-25-3)22-16(24)21-8-5-6-11(13(21)19-22)15-18-10(2)20-26-15/h5-6,8,12H,4,7,9H2,1-3H3,(H,17,23)/t12-/m1/s1. The number of methoxy groups -OCH3 is 1. The van der Waals surface area contributed by atoms with Gasteiger partial charge in [0.1, 0.15) is 6.04 Å². The quantitative estimate of drug-likeness (QED) is 0.612. The van der Waals surface area contributed by atoms with Gasteiger partial charge in [0.05, 0.1) is 12.2 Å². The number of amides is 1. The normalized spacial score (nSPS) is 12.4. The summed E-state index contributed by atoms with van der Waals surface area (Å²) in [5.74, 6) is 0.459. The molecule has 0 radical (unpaired) electrons. The lowest BCUT2D eigenvalue weighted by Gasteiger charge is -2.13. The van der Waals surface area contributed by atoms with Crippen LogP contribution in [0.2, 0.25) is 0 Å². The summed E-state index contributed by atoms with van der Waals surface area (Å²) in [4.78, 5) is 29.3. The van der Waals surface area contributed by atoms with Crippen LogP contribution in [-0.4, -0.2) is 50.5 Å². The van der Waals surface area contributed by atoms with Gasteiger partial charge in [-0.3, -0.25) is 4.79 Å². The summed E-state index contributed by atoms with van der Waals surface area (Å²) in [6.07, 6.45) is 2.00. The maximum Gasteiger partial charge on any atom is 0.351 e. The van der Waals surface area contributed by atoms with Gasteiger partial charge in [0.2, 0.25) is 5.91 Å². The molecule has 3 heterocycles. The topological polar surface area (TPSA) is 117 Å². The molecule has 3 aromatic heterocycles. The third kappa shape index (κ3) is 3.23. The van der Waals surface area contributed by atoms with Crippen LogP contribution in [-0.2, 0) is 9.53 Å². The van der Waals surface area contributed by atoms with Gasteiger partial charge in [-0.2, -0.15) is 9.67 Å². The first-order chi connectivity index (χ1) is 12.6. The highest BCUT2D eigenvalue weighted by Gasteiger charge is 2.24. The van der Waals surface area contributed by atoms with Crippen molar-refractivity contribution in [2.75, 3.05) is 20.3 Å². The van der Waals surface area contributed by atoms with Crippen molar-refractivity contribution in [2.45, 2.75) is 26.3 Å². The predicted octanol–water partition coefficient (Wildman–Crippen LogP) is 0.568. The van der Waals surface area contributed by atoms with Crippen molar-refractivity contribution in [1.29, 1.82) is 0 Å². The smallest absolute Gasteiger partial charge is 0.351 e. The number of rotatable bonds is 7. The largest absolute Gasteiger partial charge is 0.383 e. The van der Waals surface area contributed by atoms with Gasteiger partial charge in [0, 0.05) is 19.9 Å². The average molecular weight is 360 g/mol. The highest BCUT2D eigenvalue weighted by Crippen LogP contribution is 2.21. The molecule has 0 unspecified atom stereocenters. The zero-order valence-electron chi connectivity index (χ0n) is 14.8. The van der Waals surface area contributed by atoms with Crippen molar-refractivity contribution in [3.05, 3.63) is 34.6 Å². The molecule has 0 bridgehead atoms. The average Bonchev–Trinajstić information content (AvgIpc) is 3.20. The summed E-state index contributed by atoms with van der Waals surface area (Å²) in [6, 6.07) is 2.70. The van der Waals surface area contributed by atoms with Gasteiger partial charge in [-0.05, 0) is 25.5 Å². The van der Waals surface area contributed by atoms with Crippen molar-refractivity contribution < 1.29 is 14.1 Å². The third-order valence-corrected chi connectivity index (χ3v) is 3.92. The SMILES string of the molecule is CC[C@H](C(=O)NCCOC)n1nc2c(-c3nc(C)no3)cccn2c1=O. The lowest BCUT2D eigenvalue weighted by Crippen LogP contribution is -2.38. The molecule has 0 aliphatic rings. The van der Waals surface area contributed by atoms with Gasteiger partial charge in [-0.15, -0.1) is 5.10 Å². The Labute approximate surface area is 148 Å². The number of ether oxygens (including phenoxy) is 1. The summed E-state index contributed by atoms with van der Waals surface area (Å²) >= 11 is 0. The van der Waals surface area contributed by atoms with Crippen LogP contribution in [0.3, 0.4) is 0 Å². The number of aromatic nitrogens is 5. The van der Waals surface area contributed by atoms with Crippen LogP contribution in [0.25, 0.3) is 17.1 Å². The zero-order valence-corrected chi connectivity index (χ0v) is 14.8. The number of carbonyl (C=O) groups excluding carboxylic acids is 1. The van der Waals surface area contributed by atoms with Gasteiger partial charge in [-0.1, -0.05) is 12.1 Å². The second-order valence-corrected chi connectivity index (χ2v) is 5.70. The van der Waals surface area contributed by atoms with E-state index >= 15 is 0 Å². The minimum Gasteiger partial charge on any atom is -0.383 e. The van der Waals surface area contributed by atoms with Crippen LogP contribution in [0.15, 0.2) is 27.6 Å². The Balaban J connectivity index is 2.03. The molecule has 1 N–H and O–H groups in total. The molecule has 3 aromatic rings. The predicted molar refractivity (Wildman–Crippen MR) is 91.7 cm³/mol. The number of hydrogen-bond donors (Lipinski definition) is 1. The van der Waals surface area contributed by atoms with Crippen LogP contribution < -0.4 is 11.0 Å². The molecule has 0 aliphatic carbocycles. The van der Waals surface area contributed by atoms with Crippen LogP contribution in [0, 0.1) is 6.92 Å². The molecular formula is C16H20N6O4. The van der Waals surface area contributed by atoms with Gasteiger partial charge >= 0.3 is 5.69 Å². The molecule has 0 spiro atoms. The van der Waals surface area contributed by atoms with E-state index in [0.717, 1.165) is 0 Å². The Kier molecular flexibility index (Phi) is 5.12. The van der Waals surface area contributed by atoms with Gasteiger partial charge < -0.3 is 14.6 Å². The molecule has 1 atom stereocenters. The second kappa shape index (κ2) is 7.48. The Morgan fingerprint density at radius 1 is 1.46 bits per heavy atom. The van der Waals surface area contributed by atoms with Crippen molar-refractivity contribution in [2.24, 2.45) is 0 Å². The lowest BCUT2D eigenvalue weighted by molar-refractivity contribution is -0.125. The first-order valence-electron chi connectivity index (χ1n) is 8.24. The molecule has 0 aromatic carbocycles. The third-order valence-electron chi connectivity index (χ3n) is 3.92. The van der Waals surface area contributed by atoms with E-state index in [1.807, 2.05) is 6.92 Å². The van der Waals surface area contributed by atoms with Crippen molar-refractivity contribution in [3.63, 3.8) is 0 Å². The van der Waals surface area contributed by atoms with Gasteiger partial charge in [0.15, 0.2) is 11.5 Å². The maximum absolute atomic E-state index is 12.7. The molecule has 1 amide bonds. The summed E-state index contributed by atoms with van der Waals surface area (Å²) < 4.78 is 12.7. The van der Waals surface area contributed by atoms with E-state index in [0.29, 0.717) is 36.6 Å². The van der Waals surface area contributed by atoms with Crippen LogP contribution in [0.5, 0.6) is 0 Å². The van der Waals surface area contributed by atoms with Gasteiger partial charge in [-0.25, -0.2) is 9.20 Å². The molecule has 3 rings (SSSR count). The first-order valence-corrected chi connectivity index (χ1v) is 8.24. The number of pyridine rings is 1. The van der Waals surface area contributed by atoms with Crippen LogP contribution in [0.4, 0.5) is 0 Å². The minimum atomic E-state index is -0.725. The fourth-order valence-electron chi connectivity index (χ4n) is 2.65. The molecule has 0 aliphatic heterocycles. The zero-order chi connectivity index (χ0) is 18.7. The van der Waals surface area contributed by atoms with Gasteiger partial charge in [0.25, 0.3) is 5.89 Å². The van der Waals surface area contributed by atoms with Crippen LogP contribution >= 0.6 is 0 Å². The molecule has 26 heavy (non-hydrogen) atoms. The Morgan fingerprint density at radius 2 is 2.27 bits per heavy atom. The second-order valence-electron chi connectivity index (χ2n) is 5.70. The lowest BCUT2D eigenvalue weighted by atomic mass is 10.2. The summed E-state index contributed by atoms with van der Waals surface area (Å²) in [5, 5.41) is 10.9. The Morgan fingerprint density at radius 3 is 2.92 bits per heavy atom. The molecular weight excluding hydrogens is 340 g/mol. The first kappa shape index (κ1) is 17.8. The highest BCUT2D eigenvalue weighted by atomic mass is 16.5. The number of aryl methyl sites for hydroxylation is 1. The Hall–Kier alpha value is -3.01. The summed E-state index contributed by atoms with van der Waals surface area (Å²) in [5.41, 5.74) is 0.467. The summed E-state index contributed by atoms with van der Waals surface area (Å²) in [7, 11) is 1.55. The number of fused-ring (bicyclic) bond motifs is 1. The highest BCUT2D eigenvalue weighted by molar-refractivity contribution is 5.80. The summed E-state index contributed by atoms with van der Waals surface area (Å²) in [6.45, 7) is 4.28. The van der Waals surface area contributed by atoms with Crippen molar-refractivity contribution in [3.8, 4) is 11.5 Å². The molecule has 10 heteroatoms. The molecule has 10 nitrogen and oxygen atoms in total. The van der Waals surface area contributed by atoms with E-state index in [2.05, 4.69) is 20.6 Å². The van der Waals surface area contributed by atoms with E-state index in [1.54, 1.807) is 32.4 Å². The number of carbonyl (C=O) groups is 1. The number of nitrogens with zero attached hydrogens (tertiary/aromatic N) is 5. The number of hydrogen-bond acceptors (Lipinski definition) is 7. The van der Waals surface area contributed by atoms with Crippen molar-refractivity contribution in [1.82, 2.24) is 29.6 Å². The molecule has 138 valence electrons. The van der Waals surface area contributed by atoms with E-state index in [9.17, 15) is 9.59 Å². The fraction of sp³-hybridized carbons (Fsp3) is 0.438. The Bertz CT molecular complexity index is 973. The molecule has 0 saturated heterocycles. The van der Waals surface area contributed by atoms with E-state index < -0.39 is 11.7 Å². The monoisotopic (exact) mass is 360 g/mol. The molecule has 0 fully saturated rings.